The third-order valence-corrected chi connectivity index (χ3v) is 5.63. The van der Waals surface area contributed by atoms with Crippen molar-refractivity contribution in [2.45, 2.75) is 6.92 Å². The Balaban J connectivity index is 1.62. The minimum atomic E-state index is 0.591. The van der Waals surface area contributed by atoms with E-state index in [0.717, 1.165) is 44.8 Å². The lowest BCUT2D eigenvalue weighted by Gasteiger charge is -2.02. The number of aryl methyl sites for hydroxylation is 1. The third-order valence-electron chi connectivity index (χ3n) is 4.94. The van der Waals surface area contributed by atoms with Crippen LogP contribution in [0.1, 0.15) is 17.0 Å². The number of imidazole rings is 1. The maximum atomic E-state index is 5.89. The van der Waals surface area contributed by atoms with Gasteiger partial charge in [-0.2, -0.15) is 16.4 Å². The first-order valence-electron chi connectivity index (χ1n) is 9.62. The molecule has 4 N–H and O–H groups in total. The van der Waals surface area contributed by atoms with Gasteiger partial charge < -0.3 is 10.7 Å². The summed E-state index contributed by atoms with van der Waals surface area (Å²) in [6.45, 7) is 5.86. The van der Waals surface area contributed by atoms with Crippen molar-refractivity contribution in [2.24, 2.45) is 0 Å². The number of aromatic nitrogens is 6. The first-order chi connectivity index (χ1) is 15.1. The van der Waals surface area contributed by atoms with Crippen LogP contribution in [0.2, 0.25) is 0 Å². The molecule has 0 aromatic carbocycles. The van der Waals surface area contributed by atoms with Crippen LogP contribution >= 0.6 is 11.3 Å². The Morgan fingerprint density at radius 3 is 2.87 bits per heavy atom. The quantitative estimate of drug-likeness (QED) is 0.344. The van der Waals surface area contributed by atoms with Crippen LogP contribution in [-0.4, -0.2) is 30.1 Å². The number of allylic oxidation sites excluding steroid dienone is 2. The van der Waals surface area contributed by atoms with Gasteiger partial charge in [0.05, 0.1) is 22.6 Å². The van der Waals surface area contributed by atoms with Crippen LogP contribution in [0.5, 0.6) is 0 Å². The molecule has 0 fully saturated rings. The van der Waals surface area contributed by atoms with Crippen LogP contribution in [0.3, 0.4) is 0 Å². The van der Waals surface area contributed by atoms with Gasteiger partial charge >= 0.3 is 0 Å². The van der Waals surface area contributed by atoms with Crippen molar-refractivity contribution >= 4 is 33.6 Å². The molecule has 5 heterocycles. The Labute approximate surface area is 182 Å². The summed E-state index contributed by atoms with van der Waals surface area (Å²) in [6, 6.07) is 7.79. The third kappa shape index (κ3) is 3.43. The first kappa shape index (κ1) is 19.0. The largest absolute Gasteiger partial charge is 0.397 e. The smallest absolute Gasteiger partial charge is 0.161 e. The molecule has 0 aliphatic rings. The normalized spacial score (nSPS) is 11.8. The van der Waals surface area contributed by atoms with Crippen LogP contribution in [-0.2, 0) is 0 Å². The van der Waals surface area contributed by atoms with E-state index in [1.807, 2.05) is 36.6 Å². The lowest BCUT2D eigenvalue weighted by Crippen LogP contribution is -1.91. The number of nitrogens with one attached hydrogen (secondary N) is 2. The number of pyridine rings is 2. The Bertz CT molecular complexity index is 1420. The zero-order valence-electron chi connectivity index (χ0n) is 16.8. The second-order valence-electron chi connectivity index (χ2n) is 7.06. The number of anilines is 1. The van der Waals surface area contributed by atoms with Gasteiger partial charge in [0.2, 0.25) is 0 Å². The van der Waals surface area contributed by atoms with Crippen molar-refractivity contribution in [2.75, 3.05) is 5.73 Å². The highest BCUT2D eigenvalue weighted by molar-refractivity contribution is 7.08. The summed E-state index contributed by atoms with van der Waals surface area (Å²) < 4.78 is 0. The fraction of sp³-hybridized carbons (Fsp3) is 0.0435. The molecule has 8 heteroatoms. The average molecular weight is 426 g/mol. The average Bonchev–Trinajstić information content (AvgIpc) is 3.51. The molecular weight excluding hydrogens is 406 g/mol. The van der Waals surface area contributed by atoms with Crippen molar-refractivity contribution < 1.29 is 0 Å². The van der Waals surface area contributed by atoms with E-state index in [4.69, 9.17) is 15.7 Å². The molecule has 0 amide bonds. The van der Waals surface area contributed by atoms with Crippen LogP contribution in [0, 0.1) is 6.92 Å². The van der Waals surface area contributed by atoms with E-state index in [-0.39, 0.29) is 0 Å². The standard InChI is InChI=1S/C23H19N7S/c1-3-4-17(14-7-8-31-12-14)20-13(2)26-23(28-20)22-21-19(29-30-22)6-5-18(27-21)15-9-16(24)11-25-10-15/h3-12H,1,24H2,2H3,(H,26,28)(H,29,30)/b17-4-. The van der Waals surface area contributed by atoms with E-state index in [9.17, 15) is 0 Å². The fourth-order valence-electron chi connectivity index (χ4n) is 3.50. The molecule has 0 radical (unpaired) electrons. The highest BCUT2D eigenvalue weighted by Crippen LogP contribution is 2.31. The summed E-state index contributed by atoms with van der Waals surface area (Å²) in [5, 5.41) is 11.7. The lowest BCUT2D eigenvalue weighted by molar-refractivity contribution is 1.10. The van der Waals surface area contributed by atoms with Gasteiger partial charge in [-0.05, 0) is 47.5 Å². The minimum absolute atomic E-state index is 0.591. The zero-order valence-corrected chi connectivity index (χ0v) is 17.6. The molecule has 0 aliphatic heterocycles. The number of aromatic amines is 2. The number of nitrogens with two attached hydrogens (primary N) is 1. The molecule has 7 nitrogen and oxygen atoms in total. The second kappa shape index (κ2) is 7.66. The summed E-state index contributed by atoms with van der Waals surface area (Å²) >= 11 is 1.65. The fourth-order valence-corrected chi connectivity index (χ4v) is 4.16. The summed E-state index contributed by atoms with van der Waals surface area (Å²) in [6.07, 6.45) is 7.10. The van der Waals surface area contributed by atoms with Crippen molar-refractivity contribution in [1.29, 1.82) is 0 Å². The van der Waals surface area contributed by atoms with E-state index in [0.29, 0.717) is 17.2 Å². The van der Waals surface area contributed by atoms with Crippen molar-refractivity contribution in [1.82, 2.24) is 30.1 Å². The molecule has 0 aliphatic carbocycles. The molecule has 5 aromatic heterocycles. The molecule has 5 rings (SSSR count). The Morgan fingerprint density at radius 1 is 1.19 bits per heavy atom. The van der Waals surface area contributed by atoms with E-state index in [1.165, 1.54) is 0 Å². The second-order valence-corrected chi connectivity index (χ2v) is 7.84. The molecule has 0 unspecified atom stereocenters. The van der Waals surface area contributed by atoms with E-state index >= 15 is 0 Å². The van der Waals surface area contributed by atoms with Gasteiger partial charge in [-0.25, -0.2) is 9.97 Å². The molecule has 5 aromatic rings. The van der Waals surface area contributed by atoms with E-state index < -0.39 is 0 Å². The maximum absolute atomic E-state index is 5.89. The molecule has 31 heavy (non-hydrogen) atoms. The molecule has 0 spiro atoms. The van der Waals surface area contributed by atoms with E-state index in [2.05, 4.69) is 38.2 Å². The molecule has 0 saturated heterocycles. The Hall–Kier alpha value is -4.04. The van der Waals surface area contributed by atoms with E-state index in [1.54, 1.807) is 29.8 Å². The van der Waals surface area contributed by atoms with Crippen molar-refractivity contribution in [3.05, 3.63) is 83.1 Å². The SMILES string of the molecule is C=C/C=C(/c1ccsc1)c1nc(-c2n[nH]c3ccc(-c4cncc(N)c4)nc23)[nH]c1C. The number of fused-ring (bicyclic) bond motifs is 1. The molecule has 0 saturated carbocycles. The number of H-pyrrole nitrogens is 2. The van der Waals surface area contributed by atoms with Crippen molar-refractivity contribution in [3.63, 3.8) is 0 Å². The van der Waals surface area contributed by atoms with Crippen LogP contribution in [0.15, 0.2) is 66.2 Å². The summed E-state index contributed by atoms with van der Waals surface area (Å²) in [7, 11) is 0. The van der Waals surface area contributed by atoms with Gasteiger partial charge in [-0.1, -0.05) is 18.7 Å². The van der Waals surface area contributed by atoms with Gasteiger partial charge in [0.25, 0.3) is 0 Å². The van der Waals surface area contributed by atoms with Gasteiger partial charge in [-0.3, -0.25) is 10.1 Å². The lowest BCUT2D eigenvalue weighted by atomic mass is 10.0. The van der Waals surface area contributed by atoms with Gasteiger partial charge in [-0.15, -0.1) is 0 Å². The monoisotopic (exact) mass is 425 g/mol. The summed E-state index contributed by atoms with van der Waals surface area (Å²) in [5.74, 6) is 0.652. The predicted molar refractivity (Wildman–Crippen MR) is 125 cm³/mol. The zero-order chi connectivity index (χ0) is 21.4. The summed E-state index contributed by atoms with van der Waals surface area (Å²) in [5.41, 5.74) is 14.2. The molecular formula is C23H19N7S. The Morgan fingerprint density at radius 2 is 2.10 bits per heavy atom. The number of hydrogen-bond donors (Lipinski definition) is 3. The highest BCUT2D eigenvalue weighted by atomic mass is 32.1. The number of rotatable bonds is 5. The number of nitrogens with zero attached hydrogens (tertiary/aromatic N) is 4. The number of nitrogen functional groups attached to an aromatic ring is 1. The highest BCUT2D eigenvalue weighted by Gasteiger charge is 2.19. The van der Waals surface area contributed by atoms with Crippen LogP contribution < -0.4 is 5.73 Å². The predicted octanol–water partition coefficient (Wildman–Crippen LogP) is 4.98. The van der Waals surface area contributed by atoms with Gasteiger partial charge in [0.15, 0.2) is 11.5 Å². The molecule has 152 valence electrons. The van der Waals surface area contributed by atoms with Crippen molar-refractivity contribution in [3.8, 4) is 22.8 Å². The topological polar surface area (TPSA) is 109 Å². The Kier molecular flexibility index (Phi) is 4.68. The molecule has 0 bridgehead atoms. The number of thiophene rings is 1. The number of hydrogen-bond acceptors (Lipinski definition) is 6. The summed E-state index contributed by atoms with van der Waals surface area (Å²) in [4.78, 5) is 17.2. The van der Waals surface area contributed by atoms with Gasteiger partial charge in [0, 0.05) is 29.2 Å². The van der Waals surface area contributed by atoms with Crippen LogP contribution in [0.4, 0.5) is 5.69 Å². The first-order valence-corrected chi connectivity index (χ1v) is 10.6. The van der Waals surface area contributed by atoms with Gasteiger partial charge in [0.1, 0.15) is 5.52 Å². The molecule has 0 atom stereocenters. The van der Waals surface area contributed by atoms with Crippen LogP contribution in [0.25, 0.3) is 39.4 Å². The maximum Gasteiger partial charge on any atom is 0.161 e. The minimum Gasteiger partial charge on any atom is -0.397 e.